The maximum atomic E-state index is 13.0. The Morgan fingerprint density at radius 1 is 0.594 bits per heavy atom. The summed E-state index contributed by atoms with van der Waals surface area (Å²) in [6.45, 7) is 8.45. The van der Waals surface area contributed by atoms with Gasteiger partial charge < -0.3 is 9.47 Å². The van der Waals surface area contributed by atoms with Crippen molar-refractivity contribution >= 4 is 11.9 Å². The van der Waals surface area contributed by atoms with Gasteiger partial charge in [0.1, 0.15) is 11.5 Å². The summed E-state index contributed by atoms with van der Waals surface area (Å²) in [6.07, 6.45) is 1.58. The van der Waals surface area contributed by atoms with Crippen LogP contribution in [-0.2, 0) is 12.8 Å². The lowest BCUT2D eigenvalue weighted by atomic mass is 10.0. The van der Waals surface area contributed by atoms with Crippen LogP contribution in [0.15, 0.2) is 72.8 Å². The van der Waals surface area contributed by atoms with Crippen molar-refractivity contribution in [3.8, 4) is 11.5 Å². The van der Waals surface area contributed by atoms with Crippen LogP contribution in [-0.4, -0.2) is 11.9 Å². The van der Waals surface area contributed by atoms with E-state index < -0.39 is 11.9 Å². The van der Waals surface area contributed by atoms with Crippen LogP contribution in [0.5, 0.6) is 11.5 Å². The van der Waals surface area contributed by atoms with Gasteiger partial charge in [0.05, 0.1) is 11.1 Å². The van der Waals surface area contributed by atoms with Crippen molar-refractivity contribution in [3.05, 3.63) is 95.1 Å². The van der Waals surface area contributed by atoms with Gasteiger partial charge in [0.25, 0.3) is 0 Å². The Balaban J connectivity index is 1.84. The van der Waals surface area contributed by atoms with Crippen LogP contribution in [0.3, 0.4) is 0 Å². The van der Waals surface area contributed by atoms with Gasteiger partial charge in [-0.05, 0) is 60.1 Å². The third-order valence-corrected chi connectivity index (χ3v) is 4.97. The first kappa shape index (κ1) is 23.3. The molecule has 0 saturated carbocycles. The third-order valence-electron chi connectivity index (χ3n) is 4.97. The van der Waals surface area contributed by atoms with Gasteiger partial charge in [-0.2, -0.15) is 0 Å². The summed E-state index contributed by atoms with van der Waals surface area (Å²) in [5.74, 6) is 0.702. The molecule has 3 rings (SSSR count). The SMILES string of the molecule is CC(C)Cc1ccccc1OC(=O)c1ccccc1C(=O)Oc1ccccc1CC(C)C. The van der Waals surface area contributed by atoms with Gasteiger partial charge in [0.15, 0.2) is 0 Å². The topological polar surface area (TPSA) is 52.6 Å². The highest BCUT2D eigenvalue weighted by Crippen LogP contribution is 2.25. The summed E-state index contributed by atoms with van der Waals surface area (Å²) in [6, 6.07) is 21.6. The highest BCUT2D eigenvalue weighted by Gasteiger charge is 2.22. The van der Waals surface area contributed by atoms with Gasteiger partial charge in [-0.1, -0.05) is 76.2 Å². The lowest BCUT2D eigenvalue weighted by molar-refractivity contribution is 0.0690. The van der Waals surface area contributed by atoms with E-state index in [0.29, 0.717) is 23.3 Å². The number of ether oxygens (including phenoxy) is 2. The van der Waals surface area contributed by atoms with E-state index >= 15 is 0 Å². The molecular weight excluding hydrogens is 400 g/mol. The third kappa shape index (κ3) is 6.07. The van der Waals surface area contributed by atoms with Gasteiger partial charge in [-0.3, -0.25) is 0 Å². The molecule has 0 atom stereocenters. The Hall–Kier alpha value is -3.40. The van der Waals surface area contributed by atoms with Crippen molar-refractivity contribution in [2.24, 2.45) is 11.8 Å². The fourth-order valence-corrected chi connectivity index (χ4v) is 3.57. The van der Waals surface area contributed by atoms with E-state index in [1.165, 1.54) is 0 Å². The number of esters is 2. The molecule has 0 unspecified atom stereocenters. The van der Waals surface area contributed by atoms with Crippen LogP contribution < -0.4 is 9.47 Å². The zero-order valence-corrected chi connectivity index (χ0v) is 19.1. The number of para-hydroxylation sites is 2. The summed E-state index contributed by atoms with van der Waals surface area (Å²) in [5, 5.41) is 0. The second-order valence-electron chi connectivity index (χ2n) is 8.74. The molecule has 3 aromatic rings. The lowest BCUT2D eigenvalue weighted by Crippen LogP contribution is -2.18. The number of carbonyl (C=O) groups is 2. The van der Waals surface area contributed by atoms with Crippen LogP contribution in [0.4, 0.5) is 0 Å². The molecule has 0 saturated heterocycles. The van der Waals surface area contributed by atoms with Crippen LogP contribution in [0.1, 0.15) is 59.5 Å². The molecule has 0 aliphatic rings. The Kier molecular flexibility index (Phi) is 7.82. The standard InChI is InChI=1S/C28H30O4/c1-19(2)17-21-11-5-9-15-25(21)31-27(29)23-13-7-8-14-24(23)28(30)32-26-16-10-6-12-22(26)18-20(3)4/h5-16,19-20H,17-18H2,1-4H3. The fraction of sp³-hybridized carbons (Fsp3) is 0.286. The normalized spacial score (nSPS) is 10.9. The zero-order valence-electron chi connectivity index (χ0n) is 19.1. The van der Waals surface area contributed by atoms with Crippen molar-refractivity contribution in [2.75, 3.05) is 0 Å². The molecule has 166 valence electrons. The number of benzene rings is 3. The van der Waals surface area contributed by atoms with E-state index in [1.54, 1.807) is 36.4 Å². The minimum Gasteiger partial charge on any atom is -0.423 e. The number of hydrogen-bond donors (Lipinski definition) is 0. The summed E-state index contributed by atoms with van der Waals surface area (Å²) >= 11 is 0. The predicted octanol–water partition coefficient (Wildman–Crippen LogP) is 6.52. The van der Waals surface area contributed by atoms with Gasteiger partial charge >= 0.3 is 11.9 Å². The van der Waals surface area contributed by atoms with Crippen LogP contribution in [0, 0.1) is 11.8 Å². The zero-order chi connectivity index (χ0) is 23.1. The first-order chi connectivity index (χ1) is 15.3. The van der Waals surface area contributed by atoms with Crippen LogP contribution in [0.25, 0.3) is 0 Å². The molecular formula is C28H30O4. The van der Waals surface area contributed by atoms with Gasteiger partial charge in [0.2, 0.25) is 0 Å². The lowest BCUT2D eigenvalue weighted by Gasteiger charge is -2.14. The fourth-order valence-electron chi connectivity index (χ4n) is 3.57. The second kappa shape index (κ2) is 10.8. The van der Waals surface area contributed by atoms with E-state index in [4.69, 9.17) is 9.47 Å². The molecule has 0 aromatic heterocycles. The molecule has 4 heteroatoms. The largest absolute Gasteiger partial charge is 0.423 e. The van der Waals surface area contributed by atoms with Crippen LogP contribution in [0.2, 0.25) is 0 Å². The number of carbonyl (C=O) groups excluding carboxylic acids is 2. The van der Waals surface area contributed by atoms with E-state index in [0.717, 1.165) is 24.0 Å². The van der Waals surface area contributed by atoms with Crippen molar-refractivity contribution in [2.45, 2.75) is 40.5 Å². The minimum absolute atomic E-state index is 0.179. The maximum absolute atomic E-state index is 13.0. The summed E-state index contributed by atoms with van der Waals surface area (Å²) < 4.78 is 11.4. The molecule has 4 nitrogen and oxygen atoms in total. The molecule has 0 aliphatic heterocycles. The van der Waals surface area contributed by atoms with Crippen LogP contribution >= 0.6 is 0 Å². The summed E-state index contributed by atoms with van der Waals surface area (Å²) in [4.78, 5) is 26.0. The average molecular weight is 431 g/mol. The molecule has 0 N–H and O–H groups in total. The Morgan fingerprint density at radius 2 is 0.938 bits per heavy atom. The van der Waals surface area contributed by atoms with E-state index in [-0.39, 0.29) is 11.1 Å². The quantitative estimate of drug-likeness (QED) is 0.301. The van der Waals surface area contributed by atoms with Crippen molar-refractivity contribution in [3.63, 3.8) is 0 Å². The molecule has 0 bridgehead atoms. The average Bonchev–Trinajstić information content (AvgIpc) is 2.75. The molecule has 0 fully saturated rings. The molecule has 0 spiro atoms. The maximum Gasteiger partial charge on any atom is 0.344 e. The monoisotopic (exact) mass is 430 g/mol. The Labute approximate surface area is 190 Å². The van der Waals surface area contributed by atoms with Crippen molar-refractivity contribution in [1.82, 2.24) is 0 Å². The highest BCUT2D eigenvalue weighted by molar-refractivity contribution is 6.04. The number of hydrogen-bond acceptors (Lipinski definition) is 4. The summed E-state index contributed by atoms with van der Waals surface area (Å²) in [5.41, 5.74) is 2.27. The summed E-state index contributed by atoms with van der Waals surface area (Å²) in [7, 11) is 0. The van der Waals surface area contributed by atoms with Gasteiger partial charge in [0, 0.05) is 0 Å². The minimum atomic E-state index is -0.579. The molecule has 0 aliphatic carbocycles. The smallest absolute Gasteiger partial charge is 0.344 e. The Morgan fingerprint density at radius 3 is 1.31 bits per heavy atom. The molecule has 0 amide bonds. The molecule has 0 heterocycles. The number of rotatable bonds is 8. The second-order valence-corrected chi connectivity index (χ2v) is 8.74. The molecule has 3 aromatic carbocycles. The highest BCUT2D eigenvalue weighted by atomic mass is 16.5. The van der Waals surface area contributed by atoms with Crippen molar-refractivity contribution < 1.29 is 19.1 Å². The first-order valence-corrected chi connectivity index (χ1v) is 11.0. The van der Waals surface area contributed by atoms with E-state index in [9.17, 15) is 9.59 Å². The molecule has 0 radical (unpaired) electrons. The first-order valence-electron chi connectivity index (χ1n) is 11.0. The van der Waals surface area contributed by atoms with Crippen molar-refractivity contribution in [1.29, 1.82) is 0 Å². The Bertz CT molecular complexity index is 996. The predicted molar refractivity (Wildman–Crippen MR) is 126 cm³/mol. The molecule has 32 heavy (non-hydrogen) atoms. The van der Waals surface area contributed by atoms with E-state index in [2.05, 4.69) is 27.7 Å². The van der Waals surface area contributed by atoms with Gasteiger partial charge in [-0.15, -0.1) is 0 Å². The van der Waals surface area contributed by atoms with E-state index in [1.807, 2.05) is 36.4 Å². The van der Waals surface area contributed by atoms with Gasteiger partial charge in [-0.25, -0.2) is 9.59 Å².